The largest absolute Gasteiger partial charge is 0.317 e. The zero-order chi connectivity index (χ0) is 9.07. The minimum absolute atomic E-state index is 0.989. The molecule has 0 aromatic heterocycles. The third-order valence-electron chi connectivity index (χ3n) is 1.77. The van der Waals surface area contributed by atoms with E-state index in [1.165, 1.54) is 25.8 Å². The van der Waals surface area contributed by atoms with Crippen molar-refractivity contribution in [3.05, 3.63) is 6.92 Å². The predicted molar refractivity (Wildman–Crippen MR) is 55.2 cm³/mol. The van der Waals surface area contributed by atoms with Crippen LogP contribution in [-0.4, -0.2) is 26.2 Å². The Morgan fingerprint density at radius 1 is 0.917 bits per heavy atom. The molecule has 0 aromatic rings. The highest BCUT2D eigenvalue weighted by molar-refractivity contribution is 4.52. The third-order valence-corrected chi connectivity index (χ3v) is 1.77. The molecular formula is C10H23N2. The van der Waals surface area contributed by atoms with Crippen molar-refractivity contribution in [3.8, 4) is 0 Å². The molecule has 0 atom stereocenters. The van der Waals surface area contributed by atoms with Crippen molar-refractivity contribution in [1.82, 2.24) is 10.6 Å². The summed E-state index contributed by atoms with van der Waals surface area (Å²) in [4.78, 5) is 0. The van der Waals surface area contributed by atoms with Gasteiger partial charge >= 0.3 is 0 Å². The van der Waals surface area contributed by atoms with E-state index in [0.717, 1.165) is 26.1 Å². The summed E-state index contributed by atoms with van der Waals surface area (Å²) in [7, 11) is 0. The van der Waals surface area contributed by atoms with Crippen molar-refractivity contribution in [3.63, 3.8) is 0 Å². The van der Waals surface area contributed by atoms with Crippen LogP contribution in [-0.2, 0) is 0 Å². The Labute approximate surface area is 77.1 Å². The van der Waals surface area contributed by atoms with Crippen LogP contribution in [0.1, 0.15) is 32.6 Å². The molecule has 0 rings (SSSR count). The van der Waals surface area contributed by atoms with E-state index in [9.17, 15) is 0 Å². The first kappa shape index (κ1) is 11.9. The van der Waals surface area contributed by atoms with Crippen LogP contribution in [0.25, 0.3) is 0 Å². The quantitative estimate of drug-likeness (QED) is 0.515. The molecule has 2 N–H and O–H groups in total. The summed E-state index contributed by atoms with van der Waals surface area (Å²) in [5.41, 5.74) is 0. The van der Waals surface area contributed by atoms with Gasteiger partial charge in [0.25, 0.3) is 0 Å². The number of hydrogen-bond acceptors (Lipinski definition) is 2. The predicted octanol–water partition coefficient (Wildman–Crippen LogP) is 1.58. The number of unbranched alkanes of at least 4 members (excludes halogenated alkanes) is 1. The van der Waals surface area contributed by atoms with Crippen molar-refractivity contribution in [2.24, 2.45) is 0 Å². The van der Waals surface area contributed by atoms with E-state index in [4.69, 9.17) is 0 Å². The zero-order valence-electron chi connectivity index (χ0n) is 8.36. The van der Waals surface area contributed by atoms with Crippen LogP contribution < -0.4 is 10.6 Å². The van der Waals surface area contributed by atoms with Gasteiger partial charge in [-0.2, -0.15) is 0 Å². The molecule has 0 heterocycles. The molecule has 2 nitrogen and oxygen atoms in total. The summed E-state index contributed by atoms with van der Waals surface area (Å²) in [5, 5.41) is 6.73. The third kappa shape index (κ3) is 9.92. The van der Waals surface area contributed by atoms with Crippen molar-refractivity contribution < 1.29 is 0 Å². The highest BCUT2D eigenvalue weighted by atomic mass is 14.9. The Bertz CT molecular complexity index is 64.2. The van der Waals surface area contributed by atoms with E-state index < -0.39 is 0 Å². The Kier molecular flexibility index (Phi) is 10.8. The number of rotatable bonds is 9. The fourth-order valence-corrected chi connectivity index (χ4v) is 1.02. The van der Waals surface area contributed by atoms with Crippen LogP contribution in [0, 0.1) is 6.92 Å². The van der Waals surface area contributed by atoms with Crippen LogP contribution in [0.3, 0.4) is 0 Å². The van der Waals surface area contributed by atoms with Gasteiger partial charge in [0.1, 0.15) is 0 Å². The molecular weight excluding hydrogens is 148 g/mol. The fourth-order valence-electron chi connectivity index (χ4n) is 1.02. The average Bonchev–Trinajstić information content (AvgIpc) is 2.10. The molecule has 0 unspecified atom stereocenters. The number of hydrogen-bond donors (Lipinski definition) is 2. The minimum atomic E-state index is 0.989. The molecule has 73 valence electrons. The Hall–Kier alpha value is -0.0800. The first-order chi connectivity index (χ1) is 5.91. The molecule has 0 spiro atoms. The Morgan fingerprint density at radius 3 is 2.08 bits per heavy atom. The molecule has 12 heavy (non-hydrogen) atoms. The highest BCUT2D eigenvalue weighted by Crippen LogP contribution is 1.82. The van der Waals surface area contributed by atoms with Gasteiger partial charge in [-0.05, 0) is 45.4 Å². The normalized spacial score (nSPS) is 10.5. The average molecular weight is 171 g/mol. The smallest absolute Gasteiger partial charge is 0.00368 e. The zero-order valence-corrected chi connectivity index (χ0v) is 8.36. The lowest BCUT2D eigenvalue weighted by molar-refractivity contribution is 0.583. The molecule has 0 aliphatic carbocycles. The second-order valence-electron chi connectivity index (χ2n) is 3.06. The van der Waals surface area contributed by atoms with Crippen LogP contribution in [0.15, 0.2) is 0 Å². The van der Waals surface area contributed by atoms with E-state index >= 15 is 0 Å². The second kappa shape index (κ2) is 10.9. The van der Waals surface area contributed by atoms with Crippen LogP contribution in [0.4, 0.5) is 0 Å². The molecule has 0 saturated heterocycles. The van der Waals surface area contributed by atoms with E-state index in [0.29, 0.717) is 0 Å². The van der Waals surface area contributed by atoms with Crippen LogP contribution in [0.5, 0.6) is 0 Å². The van der Waals surface area contributed by atoms with Gasteiger partial charge in [0.2, 0.25) is 0 Å². The lowest BCUT2D eigenvalue weighted by atomic mass is 10.3. The Balaban J connectivity index is 2.73. The lowest BCUT2D eigenvalue weighted by Crippen LogP contribution is -2.23. The van der Waals surface area contributed by atoms with Gasteiger partial charge in [0.05, 0.1) is 0 Å². The van der Waals surface area contributed by atoms with Gasteiger partial charge in [0, 0.05) is 0 Å². The van der Waals surface area contributed by atoms with Gasteiger partial charge in [-0.15, -0.1) is 0 Å². The molecule has 0 amide bonds. The maximum atomic E-state index is 3.77. The monoisotopic (exact) mass is 171 g/mol. The van der Waals surface area contributed by atoms with E-state index in [1.54, 1.807) is 0 Å². The van der Waals surface area contributed by atoms with Crippen molar-refractivity contribution in [2.75, 3.05) is 26.2 Å². The molecule has 1 radical (unpaired) electrons. The lowest BCUT2D eigenvalue weighted by Gasteiger charge is -2.04. The summed E-state index contributed by atoms with van der Waals surface area (Å²) in [5.74, 6) is 0. The SMILES string of the molecule is [CH2]CCNCCCNCCCC. The molecule has 0 aliphatic rings. The van der Waals surface area contributed by atoms with Gasteiger partial charge in [0.15, 0.2) is 0 Å². The summed E-state index contributed by atoms with van der Waals surface area (Å²) < 4.78 is 0. The summed E-state index contributed by atoms with van der Waals surface area (Å²) >= 11 is 0. The second-order valence-corrected chi connectivity index (χ2v) is 3.06. The Morgan fingerprint density at radius 2 is 1.50 bits per heavy atom. The molecule has 2 heteroatoms. The molecule has 0 saturated carbocycles. The van der Waals surface area contributed by atoms with Gasteiger partial charge in [-0.3, -0.25) is 0 Å². The van der Waals surface area contributed by atoms with E-state index in [2.05, 4.69) is 24.5 Å². The maximum absolute atomic E-state index is 3.77. The summed E-state index contributed by atoms with van der Waals surface area (Å²) in [6.45, 7) is 10.5. The van der Waals surface area contributed by atoms with Gasteiger partial charge in [-0.1, -0.05) is 20.3 Å². The van der Waals surface area contributed by atoms with Gasteiger partial charge in [-0.25, -0.2) is 0 Å². The maximum Gasteiger partial charge on any atom is -0.00368 e. The summed E-state index contributed by atoms with van der Waals surface area (Å²) in [6.07, 6.45) is 4.80. The molecule has 0 aromatic carbocycles. The standard InChI is InChI=1S/C10H23N2/c1-3-5-8-12-10-6-9-11-7-4-2/h11-12H,2-10H2,1H3. The molecule has 0 aliphatic heterocycles. The van der Waals surface area contributed by atoms with Crippen molar-refractivity contribution >= 4 is 0 Å². The first-order valence-corrected chi connectivity index (χ1v) is 5.12. The topological polar surface area (TPSA) is 24.1 Å². The van der Waals surface area contributed by atoms with E-state index in [1.807, 2.05) is 0 Å². The first-order valence-electron chi connectivity index (χ1n) is 5.12. The minimum Gasteiger partial charge on any atom is -0.317 e. The number of nitrogens with one attached hydrogen (secondary N) is 2. The molecule has 0 bridgehead atoms. The summed E-state index contributed by atoms with van der Waals surface area (Å²) in [6, 6.07) is 0. The molecule has 0 fully saturated rings. The van der Waals surface area contributed by atoms with Crippen LogP contribution in [0.2, 0.25) is 0 Å². The van der Waals surface area contributed by atoms with E-state index in [-0.39, 0.29) is 0 Å². The van der Waals surface area contributed by atoms with Crippen molar-refractivity contribution in [1.29, 1.82) is 0 Å². The van der Waals surface area contributed by atoms with Gasteiger partial charge < -0.3 is 10.6 Å². The van der Waals surface area contributed by atoms with Crippen LogP contribution >= 0.6 is 0 Å². The highest BCUT2D eigenvalue weighted by Gasteiger charge is 1.87. The fraction of sp³-hybridized carbons (Fsp3) is 0.900. The van der Waals surface area contributed by atoms with Crippen molar-refractivity contribution in [2.45, 2.75) is 32.6 Å².